The summed E-state index contributed by atoms with van der Waals surface area (Å²) in [6.07, 6.45) is 6.93. The summed E-state index contributed by atoms with van der Waals surface area (Å²) in [5.41, 5.74) is 0.731. The number of aldehydes is 1. The van der Waals surface area contributed by atoms with E-state index in [-0.39, 0.29) is 36.0 Å². The van der Waals surface area contributed by atoms with Crippen molar-refractivity contribution in [3.63, 3.8) is 0 Å². The number of esters is 2. The number of ether oxygens (including phenoxy) is 2. The Kier molecular flexibility index (Phi) is 11.7. The second-order valence-electron chi connectivity index (χ2n) is 7.41. The fourth-order valence-corrected chi connectivity index (χ4v) is 2.92. The fourth-order valence-electron chi connectivity index (χ4n) is 2.92. The smallest absolute Gasteiger partial charge is 0.311 e. The Morgan fingerprint density at radius 3 is 1.97 bits per heavy atom. The highest BCUT2D eigenvalue weighted by Crippen LogP contribution is 2.33. The molecule has 6 nitrogen and oxygen atoms in total. The van der Waals surface area contributed by atoms with Gasteiger partial charge in [0.15, 0.2) is 11.5 Å². The van der Waals surface area contributed by atoms with Crippen LogP contribution in [-0.4, -0.2) is 30.8 Å². The summed E-state index contributed by atoms with van der Waals surface area (Å²) >= 11 is 0. The molecule has 0 fully saturated rings. The van der Waals surface area contributed by atoms with Crippen LogP contribution < -0.4 is 14.4 Å². The number of anilines is 1. The summed E-state index contributed by atoms with van der Waals surface area (Å²) in [6.45, 7) is 8.30. The highest BCUT2D eigenvalue weighted by atomic mass is 16.6. The normalized spacial score (nSPS) is 10.7. The van der Waals surface area contributed by atoms with Crippen molar-refractivity contribution in [3.8, 4) is 11.5 Å². The van der Waals surface area contributed by atoms with Crippen molar-refractivity contribution < 1.29 is 23.9 Å². The first-order chi connectivity index (χ1) is 13.9. The number of rotatable bonds is 14. The van der Waals surface area contributed by atoms with Crippen LogP contribution in [0.4, 0.5) is 5.69 Å². The standard InChI is InChI=1S/C23H35NO5/c1-5-7-9-11-22(26)28-20-14-13-19(24(15-16-25)18(3)4)17-21(20)29-23(27)12-10-8-6-2/h13-14,16-18H,5-12,15H2,1-4H3. The second kappa shape index (κ2) is 13.7. The average molecular weight is 406 g/mol. The van der Waals surface area contributed by atoms with E-state index in [9.17, 15) is 14.4 Å². The molecule has 0 aliphatic rings. The molecule has 0 saturated carbocycles. The minimum Gasteiger partial charge on any atom is -0.423 e. The molecule has 0 atom stereocenters. The van der Waals surface area contributed by atoms with E-state index in [1.54, 1.807) is 18.2 Å². The van der Waals surface area contributed by atoms with Crippen LogP contribution in [0.1, 0.15) is 79.1 Å². The minimum absolute atomic E-state index is 0.0794. The molecule has 0 saturated heterocycles. The van der Waals surface area contributed by atoms with Crippen LogP contribution in [0.5, 0.6) is 11.5 Å². The van der Waals surface area contributed by atoms with E-state index in [2.05, 4.69) is 13.8 Å². The summed E-state index contributed by atoms with van der Waals surface area (Å²) in [6, 6.07) is 5.14. The van der Waals surface area contributed by atoms with E-state index >= 15 is 0 Å². The molecule has 0 bridgehead atoms. The monoisotopic (exact) mass is 405 g/mol. The van der Waals surface area contributed by atoms with Crippen molar-refractivity contribution in [3.05, 3.63) is 18.2 Å². The van der Waals surface area contributed by atoms with Gasteiger partial charge < -0.3 is 19.2 Å². The van der Waals surface area contributed by atoms with Crippen LogP contribution in [0.25, 0.3) is 0 Å². The first-order valence-corrected chi connectivity index (χ1v) is 10.7. The van der Waals surface area contributed by atoms with Crippen LogP contribution in [0.3, 0.4) is 0 Å². The highest BCUT2D eigenvalue weighted by Gasteiger charge is 2.18. The van der Waals surface area contributed by atoms with Gasteiger partial charge in [0.25, 0.3) is 0 Å². The van der Waals surface area contributed by atoms with Crippen LogP contribution in [-0.2, 0) is 14.4 Å². The molecule has 0 aliphatic carbocycles. The molecule has 0 heterocycles. The van der Waals surface area contributed by atoms with E-state index in [0.29, 0.717) is 12.8 Å². The molecule has 0 unspecified atom stereocenters. The zero-order valence-corrected chi connectivity index (χ0v) is 18.2. The summed E-state index contributed by atoms with van der Waals surface area (Å²) in [5.74, 6) is -0.258. The third kappa shape index (κ3) is 9.11. The van der Waals surface area contributed by atoms with Gasteiger partial charge in [-0.05, 0) is 38.8 Å². The lowest BCUT2D eigenvalue weighted by Gasteiger charge is -2.27. The van der Waals surface area contributed by atoms with Gasteiger partial charge in [0.05, 0.1) is 6.54 Å². The third-order valence-electron chi connectivity index (χ3n) is 4.57. The first kappa shape index (κ1) is 24.7. The Hall–Kier alpha value is -2.37. The largest absolute Gasteiger partial charge is 0.423 e. The first-order valence-electron chi connectivity index (χ1n) is 10.7. The van der Waals surface area contributed by atoms with Gasteiger partial charge >= 0.3 is 11.9 Å². The van der Waals surface area contributed by atoms with Crippen LogP contribution in [0, 0.1) is 0 Å². The molecule has 1 rings (SSSR count). The molecule has 0 aliphatic heterocycles. The van der Waals surface area contributed by atoms with Crippen molar-refractivity contribution in [1.82, 2.24) is 0 Å². The van der Waals surface area contributed by atoms with Crippen molar-refractivity contribution in [2.75, 3.05) is 11.4 Å². The van der Waals surface area contributed by atoms with E-state index in [1.165, 1.54) is 0 Å². The van der Waals surface area contributed by atoms with Gasteiger partial charge in [-0.2, -0.15) is 0 Å². The molecule has 0 amide bonds. The maximum absolute atomic E-state index is 12.2. The van der Waals surface area contributed by atoms with E-state index < -0.39 is 0 Å². The Balaban J connectivity index is 3.03. The second-order valence-corrected chi connectivity index (χ2v) is 7.41. The molecular formula is C23H35NO5. The lowest BCUT2D eigenvalue weighted by Crippen LogP contribution is -2.32. The van der Waals surface area contributed by atoms with Gasteiger partial charge in [-0.1, -0.05) is 39.5 Å². The van der Waals surface area contributed by atoms with E-state index in [4.69, 9.17) is 9.47 Å². The van der Waals surface area contributed by atoms with Gasteiger partial charge in [0, 0.05) is 30.6 Å². The number of nitrogens with zero attached hydrogens (tertiary/aromatic N) is 1. The molecular weight excluding hydrogens is 370 g/mol. The van der Waals surface area contributed by atoms with Gasteiger partial charge in [-0.25, -0.2) is 0 Å². The number of carbonyl (C=O) groups is 3. The fraction of sp³-hybridized carbons (Fsp3) is 0.609. The predicted molar refractivity (Wildman–Crippen MR) is 115 cm³/mol. The molecule has 1 aromatic rings. The van der Waals surface area contributed by atoms with Crippen LogP contribution in [0.2, 0.25) is 0 Å². The molecule has 162 valence electrons. The van der Waals surface area contributed by atoms with Crippen molar-refractivity contribution in [2.24, 2.45) is 0 Å². The van der Waals surface area contributed by atoms with Gasteiger partial charge in [-0.3, -0.25) is 9.59 Å². The van der Waals surface area contributed by atoms with Crippen molar-refractivity contribution >= 4 is 23.9 Å². The van der Waals surface area contributed by atoms with Gasteiger partial charge in [0.1, 0.15) is 6.29 Å². The molecule has 29 heavy (non-hydrogen) atoms. The Morgan fingerprint density at radius 1 is 0.931 bits per heavy atom. The highest BCUT2D eigenvalue weighted by molar-refractivity contribution is 5.77. The lowest BCUT2D eigenvalue weighted by molar-refractivity contribution is -0.137. The van der Waals surface area contributed by atoms with Gasteiger partial charge in [-0.15, -0.1) is 0 Å². The Bertz CT molecular complexity index is 657. The molecule has 0 N–H and O–H groups in total. The maximum atomic E-state index is 12.2. The number of benzene rings is 1. The molecule has 0 aromatic heterocycles. The predicted octanol–water partition coefficient (Wildman–Crippen LogP) is 5.07. The van der Waals surface area contributed by atoms with Gasteiger partial charge in [0.2, 0.25) is 0 Å². The molecule has 0 spiro atoms. The maximum Gasteiger partial charge on any atom is 0.311 e. The van der Waals surface area contributed by atoms with Crippen LogP contribution in [0.15, 0.2) is 18.2 Å². The van der Waals surface area contributed by atoms with Crippen LogP contribution >= 0.6 is 0 Å². The SMILES string of the molecule is CCCCCC(=O)Oc1ccc(N(CC=O)C(C)C)cc1OC(=O)CCCCC. The number of unbranched alkanes of at least 4 members (excludes halogenated alkanes) is 4. The molecule has 6 heteroatoms. The lowest BCUT2D eigenvalue weighted by atomic mass is 10.2. The Labute approximate surface area is 174 Å². The van der Waals surface area contributed by atoms with E-state index in [1.807, 2.05) is 18.7 Å². The summed E-state index contributed by atoms with van der Waals surface area (Å²) < 4.78 is 11.0. The number of carbonyl (C=O) groups excluding carboxylic acids is 3. The average Bonchev–Trinajstić information content (AvgIpc) is 2.67. The summed E-state index contributed by atoms with van der Waals surface area (Å²) in [7, 11) is 0. The number of hydrogen-bond donors (Lipinski definition) is 0. The Morgan fingerprint density at radius 2 is 1.48 bits per heavy atom. The number of hydrogen-bond acceptors (Lipinski definition) is 6. The quantitative estimate of drug-likeness (QED) is 0.186. The summed E-state index contributed by atoms with van der Waals surface area (Å²) in [5, 5.41) is 0. The molecule has 1 aromatic carbocycles. The van der Waals surface area contributed by atoms with E-state index in [0.717, 1.165) is 50.5 Å². The minimum atomic E-state index is -0.356. The zero-order chi connectivity index (χ0) is 21.6. The molecule has 0 radical (unpaired) electrons. The topological polar surface area (TPSA) is 72.9 Å². The van der Waals surface area contributed by atoms with Crippen molar-refractivity contribution in [2.45, 2.75) is 85.1 Å². The van der Waals surface area contributed by atoms with Crippen molar-refractivity contribution in [1.29, 1.82) is 0 Å². The third-order valence-corrected chi connectivity index (χ3v) is 4.57. The zero-order valence-electron chi connectivity index (χ0n) is 18.2. The summed E-state index contributed by atoms with van der Waals surface area (Å²) in [4.78, 5) is 37.3.